The standard InChI is InChI=1S/C9H18N2O6S/c1-18(15,16)5-2-7(10)9(14)11-3-4-17-6-8(12)13/h7H,2-6,10H2,1H3,(H,11,14)(H,12,13). The molecule has 0 rings (SSSR count). The van der Waals surface area contributed by atoms with Gasteiger partial charge in [-0.15, -0.1) is 0 Å². The first-order chi connectivity index (χ1) is 8.22. The quantitative estimate of drug-likeness (QED) is 0.415. The molecule has 0 fully saturated rings. The van der Waals surface area contributed by atoms with E-state index in [2.05, 4.69) is 10.1 Å². The Bertz CT molecular complexity index is 381. The van der Waals surface area contributed by atoms with Gasteiger partial charge in [0.25, 0.3) is 0 Å². The molecule has 0 saturated carbocycles. The molecule has 1 amide bonds. The van der Waals surface area contributed by atoms with Crippen molar-refractivity contribution in [3.8, 4) is 0 Å². The number of hydrogen-bond acceptors (Lipinski definition) is 6. The number of hydrogen-bond donors (Lipinski definition) is 3. The van der Waals surface area contributed by atoms with E-state index < -0.39 is 34.4 Å². The van der Waals surface area contributed by atoms with Crippen molar-refractivity contribution in [2.24, 2.45) is 5.73 Å². The zero-order chi connectivity index (χ0) is 14.2. The zero-order valence-corrected chi connectivity index (χ0v) is 10.9. The van der Waals surface area contributed by atoms with E-state index in [0.717, 1.165) is 6.26 Å². The molecule has 0 aromatic carbocycles. The van der Waals surface area contributed by atoms with E-state index in [1.54, 1.807) is 0 Å². The molecule has 9 heteroatoms. The monoisotopic (exact) mass is 282 g/mol. The molecule has 106 valence electrons. The first kappa shape index (κ1) is 16.8. The van der Waals surface area contributed by atoms with E-state index >= 15 is 0 Å². The predicted molar refractivity (Wildman–Crippen MR) is 63.8 cm³/mol. The lowest BCUT2D eigenvalue weighted by atomic mass is 10.2. The fourth-order valence-corrected chi connectivity index (χ4v) is 1.69. The Balaban J connectivity index is 3.72. The second-order valence-corrected chi connectivity index (χ2v) is 6.02. The maximum atomic E-state index is 11.4. The largest absolute Gasteiger partial charge is 0.480 e. The van der Waals surface area contributed by atoms with Gasteiger partial charge in [-0.2, -0.15) is 0 Å². The van der Waals surface area contributed by atoms with E-state index in [4.69, 9.17) is 10.8 Å². The summed E-state index contributed by atoms with van der Waals surface area (Å²) in [5.74, 6) is -1.74. The number of carbonyl (C=O) groups excluding carboxylic acids is 1. The van der Waals surface area contributed by atoms with E-state index in [1.165, 1.54) is 0 Å². The van der Waals surface area contributed by atoms with Crippen LogP contribution in [-0.4, -0.2) is 63.2 Å². The van der Waals surface area contributed by atoms with Crippen molar-refractivity contribution in [2.45, 2.75) is 12.5 Å². The van der Waals surface area contributed by atoms with Gasteiger partial charge in [-0.05, 0) is 6.42 Å². The average molecular weight is 282 g/mol. The average Bonchev–Trinajstić information content (AvgIpc) is 2.23. The summed E-state index contributed by atoms with van der Waals surface area (Å²) in [4.78, 5) is 21.4. The van der Waals surface area contributed by atoms with Crippen molar-refractivity contribution in [1.29, 1.82) is 0 Å². The number of amides is 1. The van der Waals surface area contributed by atoms with Crippen LogP contribution in [0.3, 0.4) is 0 Å². The molecule has 8 nitrogen and oxygen atoms in total. The highest BCUT2D eigenvalue weighted by atomic mass is 32.2. The number of carbonyl (C=O) groups is 2. The topological polar surface area (TPSA) is 136 Å². The molecule has 0 aromatic rings. The number of rotatable bonds is 9. The van der Waals surface area contributed by atoms with Gasteiger partial charge in [0.1, 0.15) is 16.4 Å². The Morgan fingerprint density at radius 1 is 1.44 bits per heavy atom. The summed E-state index contributed by atoms with van der Waals surface area (Å²) in [6.45, 7) is -0.258. The minimum atomic E-state index is -3.14. The van der Waals surface area contributed by atoms with Crippen LogP contribution < -0.4 is 11.1 Å². The van der Waals surface area contributed by atoms with Crippen LogP contribution in [0.15, 0.2) is 0 Å². The van der Waals surface area contributed by atoms with E-state index in [1.807, 2.05) is 0 Å². The SMILES string of the molecule is CS(=O)(=O)CCC(N)C(=O)NCCOCC(=O)O. The van der Waals surface area contributed by atoms with Gasteiger partial charge in [0, 0.05) is 12.8 Å². The molecule has 0 radical (unpaired) electrons. The molecule has 0 aromatic heterocycles. The van der Waals surface area contributed by atoms with Crippen LogP contribution >= 0.6 is 0 Å². The second kappa shape index (κ2) is 8.01. The van der Waals surface area contributed by atoms with Crippen molar-refractivity contribution in [1.82, 2.24) is 5.32 Å². The van der Waals surface area contributed by atoms with Crippen molar-refractivity contribution in [2.75, 3.05) is 31.8 Å². The molecular formula is C9H18N2O6S. The first-order valence-electron chi connectivity index (χ1n) is 5.23. The molecule has 1 unspecified atom stereocenters. The number of sulfone groups is 1. The Labute approximate surface area is 105 Å². The van der Waals surface area contributed by atoms with E-state index in [9.17, 15) is 18.0 Å². The first-order valence-corrected chi connectivity index (χ1v) is 7.29. The van der Waals surface area contributed by atoms with Gasteiger partial charge in [-0.1, -0.05) is 0 Å². The molecule has 0 spiro atoms. The molecule has 0 aliphatic heterocycles. The molecular weight excluding hydrogens is 264 g/mol. The molecule has 4 N–H and O–H groups in total. The zero-order valence-electron chi connectivity index (χ0n) is 10.1. The number of carboxylic acid groups (broad SMARTS) is 1. The second-order valence-electron chi connectivity index (χ2n) is 3.76. The summed E-state index contributed by atoms with van der Waals surface area (Å²) in [6, 6.07) is -0.904. The minimum absolute atomic E-state index is 0.0423. The van der Waals surface area contributed by atoms with Crippen molar-refractivity contribution < 1.29 is 27.9 Å². The van der Waals surface area contributed by atoms with Crippen LogP contribution in [0, 0.1) is 0 Å². The van der Waals surface area contributed by atoms with Crippen molar-refractivity contribution in [3.63, 3.8) is 0 Å². The normalized spacial score (nSPS) is 13.0. The molecule has 0 aliphatic carbocycles. The van der Waals surface area contributed by atoms with Gasteiger partial charge < -0.3 is 20.9 Å². The summed E-state index contributed by atoms with van der Waals surface area (Å²) in [5.41, 5.74) is 5.48. The van der Waals surface area contributed by atoms with E-state index in [-0.39, 0.29) is 25.3 Å². The summed E-state index contributed by atoms with van der Waals surface area (Å²) in [7, 11) is -3.14. The van der Waals surface area contributed by atoms with Crippen molar-refractivity contribution >= 4 is 21.7 Å². The van der Waals surface area contributed by atoms with Crippen LogP contribution in [0.5, 0.6) is 0 Å². The fourth-order valence-electron chi connectivity index (χ4n) is 1.01. The smallest absolute Gasteiger partial charge is 0.329 e. The highest BCUT2D eigenvalue weighted by Crippen LogP contribution is 1.93. The number of aliphatic carboxylic acids is 1. The van der Waals surface area contributed by atoms with E-state index in [0.29, 0.717) is 0 Å². The maximum absolute atomic E-state index is 11.4. The molecule has 0 aliphatic rings. The fraction of sp³-hybridized carbons (Fsp3) is 0.778. The van der Waals surface area contributed by atoms with Gasteiger partial charge >= 0.3 is 5.97 Å². The summed E-state index contributed by atoms with van der Waals surface area (Å²) in [6.07, 6.45) is 1.11. The Hall–Kier alpha value is -1.19. The molecule has 1 atom stereocenters. The Morgan fingerprint density at radius 3 is 2.56 bits per heavy atom. The number of nitrogens with two attached hydrogens (primary N) is 1. The van der Waals surface area contributed by atoms with Crippen molar-refractivity contribution in [3.05, 3.63) is 0 Å². The molecule has 0 bridgehead atoms. The summed E-state index contributed by atoms with van der Waals surface area (Å²) >= 11 is 0. The minimum Gasteiger partial charge on any atom is -0.480 e. The lowest BCUT2D eigenvalue weighted by molar-refractivity contribution is -0.142. The third kappa shape index (κ3) is 10.00. The van der Waals surface area contributed by atoms with Gasteiger partial charge in [0.05, 0.1) is 18.4 Å². The Morgan fingerprint density at radius 2 is 2.06 bits per heavy atom. The number of ether oxygens (including phenoxy) is 1. The van der Waals surface area contributed by atoms with Gasteiger partial charge in [0.15, 0.2) is 0 Å². The third-order valence-corrected chi connectivity index (χ3v) is 2.88. The highest BCUT2D eigenvalue weighted by Gasteiger charge is 2.15. The molecule has 0 saturated heterocycles. The third-order valence-electron chi connectivity index (χ3n) is 1.91. The van der Waals surface area contributed by atoms with Gasteiger partial charge in [-0.25, -0.2) is 13.2 Å². The number of carboxylic acids is 1. The lowest BCUT2D eigenvalue weighted by Gasteiger charge is -2.11. The van der Waals surface area contributed by atoms with Crippen LogP contribution in [0.2, 0.25) is 0 Å². The van der Waals surface area contributed by atoms with Crippen LogP contribution in [0.1, 0.15) is 6.42 Å². The van der Waals surface area contributed by atoms with Crippen LogP contribution in [-0.2, 0) is 24.2 Å². The summed E-state index contributed by atoms with van der Waals surface area (Å²) < 4.78 is 26.4. The predicted octanol–water partition coefficient (Wildman–Crippen LogP) is -2.03. The lowest BCUT2D eigenvalue weighted by Crippen LogP contribution is -2.42. The molecule has 18 heavy (non-hydrogen) atoms. The van der Waals surface area contributed by atoms with Gasteiger partial charge in [-0.3, -0.25) is 4.79 Å². The van der Waals surface area contributed by atoms with Gasteiger partial charge in [0.2, 0.25) is 5.91 Å². The van der Waals surface area contributed by atoms with Crippen LogP contribution in [0.25, 0.3) is 0 Å². The summed E-state index contributed by atoms with van der Waals surface area (Å²) in [5, 5.41) is 10.7. The molecule has 0 heterocycles. The maximum Gasteiger partial charge on any atom is 0.329 e. The highest BCUT2D eigenvalue weighted by molar-refractivity contribution is 7.90. The number of nitrogens with one attached hydrogen (secondary N) is 1. The Kier molecular flexibility index (Phi) is 7.48. The van der Waals surface area contributed by atoms with Crippen LogP contribution in [0.4, 0.5) is 0 Å².